The highest BCUT2D eigenvalue weighted by molar-refractivity contribution is 5.97. The molecule has 0 spiro atoms. The number of carboxylic acid groups (broad SMARTS) is 1. The number of hydrogen-bond acceptors (Lipinski definition) is 5. The van der Waals surface area contributed by atoms with Gasteiger partial charge in [0.2, 0.25) is 5.91 Å². The number of ether oxygens (including phenoxy) is 1. The van der Waals surface area contributed by atoms with Crippen molar-refractivity contribution in [1.82, 2.24) is 10.6 Å². The number of rotatable bonds is 10. The average molecular weight is 327 g/mol. The van der Waals surface area contributed by atoms with E-state index in [1.165, 1.54) is 39.4 Å². The van der Waals surface area contributed by atoms with E-state index in [9.17, 15) is 14.7 Å². The van der Waals surface area contributed by atoms with Crippen LogP contribution in [-0.2, 0) is 4.79 Å². The standard InChI is InChI=1S/C16H25N3O4/c1-17-9-5-4-6-13(18-2)15(20)19-11-7-8-14(23-3)12(10-11)16(21)22/h7-8,10,13,17-18H,4-6,9H2,1-3H3,(H,19,20)(H,21,22)/t13-/m0/s1/i4D2,5D2. The zero-order chi connectivity index (χ0) is 20.8. The lowest BCUT2D eigenvalue weighted by Crippen LogP contribution is -2.38. The minimum absolute atomic E-state index is 0.128. The van der Waals surface area contributed by atoms with E-state index in [1.807, 2.05) is 0 Å². The number of anilines is 1. The summed E-state index contributed by atoms with van der Waals surface area (Å²) in [5.74, 6) is -1.69. The van der Waals surface area contributed by atoms with Crippen LogP contribution in [0.5, 0.6) is 5.75 Å². The summed E-state index contributed by atoms with van der Waals surface area (Å²) in [5.41, 5.74) is 0.0780. The first-order chi connectivity index (χ1) is 12.5. The van der Waals surface area contributed by atoms with E-state index >= 15 is 0 Å². The molecule has 0 aromatic heterocycles. The van der Waals surface area contributed by atoms with Gasteiger partial charge >= 0.3 is 5.97 Å². The fraction of sp³-hybridized carbons (Fsp3) is 0.500. The molecule has 0 bridgehead atoms. The van der Waals surface area contributed by atoms with Crippen LogP contribution in [-0.4, -0.2) is 50.8 Å². The summed E-state index contributed by atoms with van der Waals surface area (Å²) in [4.78, 5) is 23.8. The SMILES string of the molecule is [2H]C([2H])(CNC)C([2H])([2H])C[C@H](NC)C(=O)Nc1ccc(OC)c(C(=O)O)c1. The molecular weight excluding hydrogens is 298 g/mol. The molecule has 0 aliphatic heterocycles. The Morgan fingerprint density at radius 3 is 2.65 bits per heavy atom. The van der Waals surface area contributed by atoms with Gasteiger partial charge in [0.1, 0.15) is 11.3 Å². The number of hydrogen-bond donors (Lipinski definition) is 4. The Hall–Kier alpha value is -2.12. The van der Waals surface area contributed by atoms with Gasteiger partial charge in [0, 0.05) is 11.2 Å². The minimum Gasteiger partial charge on any atom is -0.496 e. The van der Waals surface area contributed by atoms with Crippen molar-refractivity contribution in [2.24, 2.45) is 0 Å². The molecule has 1 aromatic rings. The largest absolute Gasteiger partial charge is 0.496 e. The van der Waals surface area contributed by atoms with Gasteiger partial charge in [-0.1, -0.05) is 6.37 Å². The molecule has 0 radical (unpaired) electrons. The molecule has 1 rings (SSSR count). The molecule has 0 aliphatic rings. The van der Waals surface area contributed by atoms with E-state index in [0.29, 0.717) is 0 Å². The third-order valence-corrected chi connectivity index (χ3v) is 3.06. The topological polar surface area (TPSA) is 99.7 Å². The molecule has 0 aliphatic carbocycles. The average Bonchev–Trinajstić information content (AvgIpc) is 2.59. The number of methoxy groups -OCH3 is 1. The summed E-state index contributed by atoms with van der Waals surface area (Å²) in [6.07, 6.45) is -4.88. The van der Waals surface area contributed by atoms with Crippen molar-refractivity contribution < 1.29 is 24.9 Å². The van der Waals surface area contributed by atoms with Crippen molar-refractivity contribution in [2.75, 3.05) is 33.1 Å². The summed E-state index contributed by atoms with van der Waals surface area (Å²) in [6.45, 7) is -0.210. The van der Waals surface area contributed by atoms with Gasteiger partial charge < -0.3 is 25.8 Å². The number of carbonyl (C=O) groups is 2. The second kappa shape index (κ2) is 9.81. The van der Waals surface area contributed by atoms with Crippen molar-refractivity contribution in [3.8, 4) is 5.75 Å². The van der Waals surface area contributed by atoms with Gasteiger partial charge in [-0.3, -0.25) is 4.79 Å². The van der Waals surface area contributed by atoms with Gasteiger partial charge in [0.25, 0.3) is 0 Å². The number of carboxylic acids is 1. The molecule has 0 fully saturated rings. The van der Waals surface area contributed by atoms with E-state index in [1.54, 1.807) is 0 Å². The fourth-order valence-corrected chi connectivity index (χ4v) is 1.83. The van der Waals surface area contributed by atoms with Crippen LogP contribution in [0.2, 0.25) is 0 Å². The summed E-state index contributed by atoms with van der Waals surface area (Å²) in [6, 6.07) is 3.08. The Morgan fingerprint density at radius 2 is 2.09 bits per heavy atom. The lowest BCUT2D eigenvalue weighted by atomic mass is 10.1. The highest BCUT2D eigenvalue weighted by Gasteiger charge is 2.18. The van der Waals surface area contributed by atoms with Gasteiger partial charge in [0.05, 0.1) is 13.2 Å². The Balaban J connectivity index is 2.97. The molecule has 1 atom stereocenters. The monoisotopic (exact) mass is 327 g/mol. The molecule has 23 heavy (non-hydrogen) atoms. The summed E-state index contributed by atoms with van der Waals surface area (Å²) in [5, 5.41) is 17.0. The van der Waals surface area contributed by atoms with E-state index in [0.717, 1.165) is 0 Å². The molecule has 128 valence electrons. The van der Waals surface area contributed by atoms with E-state index < -0.39 is 37.1 Å². The maximum Gasteiger partial charge on any atom is 0.339 e. The number of nitrogens with one attached hydrogen (secondary N) is 3. The highest BCUT2D eigenvalue weighted by atomic mass is 16.5. The van der Waals surface area contributed by atoms with Crippen LogP contribution in [0.1, 0.15) is 35.0 Å². The van der Waals surface area contributed by atoms with Crippen molar-refractivity contribution in [3.05, 3.63) is 23.8 Å². The summed E-state index contributed by atoms with van der Waals surface area (Å²) >= 11 is 0. The second-order valence-corrected chi connectivity index (χ2v) is 4.64. The van der Waals surface area contributed by atoms with Crippen molar-refractivity contribution in [1.29, 1.82) is 0 Å². The molecular formula is C16H25N3O4. The molecule has 4 N–H and O–H groups in total. The maximum absolute atomic E-state index is 12.5. The predicted molar refractivity (Wildman–Crippen MR) is 89.2 cm³/mol. The highest BCUT2D eigenvalue weighted by Crippen LogP contribution is 2.22. The van der Waals surface area contributed by atoms with Crippen LogP contribution < -0.4 is 20.7 Å². The van der Waals surface area contributed by atoms with Gasteiger partial charge in [-0.15, -0.1) is 0 Å². The lowest BCUT2D eigenvalue weighted by Gasteiger charge is -2.16. The third-order valence-electron chi connectivity index (χ3n) is 3.06. The van der Waals surface area contributed by atoms with Crippen LogP contribution in [0.3, 0.4) is 0 Å². The molecule has 0 saturated heterocycles. The number of likely N-dealkylation sites (N-methyl/N-ethyl adjacent to an activating group) is 1. The molecule has 7 nitrogen and oxygen atoms in total. The Morgan fingerprint density at radius 1 is 1.35 bits per heavy atom. The van der Waals surface area contributed by atoms with Crippen molar-refractivity contribution >= 4 is 17.6 Å². The van der Waals surface area contributed by atoms with E-state index in [4.69, 9.17) is 10.2 Å². The lowest BCUT2D eigenvalue weighted by molar-refractivity contribution is -0.118. The second-order valence-electron chi connectivity index (χ2n) is 4.64. The van der Waals surface area contributed by atoms with Crippen LogP contribution in [0.15, 0.2) is 18.2 Å². The van der Waals surface area contributed by atoms with Crippen molar-refractivity contribution in [3.63, 3.8) is 0 Å². The van der Waals surface area contributed by atoms with Crippen LogP contribution in [0.4, 0.5) is 5.69 Å². The van der Waals surface area contributed by atoms with E-state index in [2.05, 4.69) is 16.0 Å². The first kappa shape index (κ1) is 13.3. The van der Waals surface area contributed by atoms with Crippen LogP contribution >= 0.6 is 0 Å². The Kier molecular flexibility index (Phi) is 5.68. The molecule has 0 heterocycles. The zero-order valence-corrected chi connectivity index (χ0v) is 13.4. The predicted octanol–water partition coefficient (Wildman–Crippen LogP) is 1.31. The van der Waals surface area contributed by atoms with Crippen LogP contribution in [0, 0.1) is 0 Å². The number of amides is 1. The Labute approximate surface area is 142 Å². The van der Waals surface area contributed by atoms with Crippen molar-refractivity contribution in [2.45, 2.75) is 25.2 Å². The van der Waals surface area contributed by atoms with Gasteiger partial charge in [-0.25, -0.2) is 4.79 Å². The number of aromatic carboxylic acids is 1. The molecule has 0 unspecified atom stereocenters. The smallest absolute Gasteiger partial charge is 0.339 e. The minimum atomic E-state index is -2.28. The first-order valence-corrected chi connectivity index (χ1v) is 7.03. The molecule has 7 heteroatoms. The normalized spacial score (nSPS) is 15.6. The molecule has 0 saturated carbocycles. The van der Waals surface area contributed by atoms with Gasteiger partial charge in [0.15, 0.2) is 0 Å². The Bertz CT molecular complexity index is 686. The van der Waals surface area contributed by atoms with Gasteiger partial charge in [-0.05, 0) is 51.6 Å². The zero-order valence-electron chi connectivity index (χ0n) is 17.4. The maximum atomic E-state index is 12.5. The fourth-order valence-electron chi connectivity index (χ4n) is 1.83. The quantitative estimate of drug-likeness (QED) is 0.517. The van der Waals surface area contributed by atoms with Gasteiger partial charge in [-0.2, -0.15) is 0 Å². The first-order valence-electron chi connectivity index (χ1n) is 9.03. The molecule has 1 aromatic carbocycles. The number of carbonyl (C=O) groups excluding carboxylic acids is 1. The van der Waals surface area contributed by atoms with E-state index in [-0.39, 0.29) is 23.5 Å². The number of benzene rings is 1. The summed E-state index contributed by atoms with van der Waals surface area (Å²) < 4.78 is 36.7. The summed E-state index contributed by atoms with van der Waals surface area (Å²) in [7, 11) is 4.31. The van der Waals surface area contributed by atoms with Crippen LogP contribution in [0.25, 0.3) is 0 Å². The third kappa shape index (κ3) is 5.88. The molecule has 1 amide bonds.